The van der Waals surface area contributed by atoms with E-state index in [9.17, 15) is 9.59 Å². The predicted molar refractivity (Wildman–Crippen MR) is 104 cm³/mol. The molecule has 1 atom stereocenters. The maximum Gasteiger partial charge on any atom is 0.227 e. The first kappa shape index (κ1) is 19.9. The summed E-state index contributed by atoms with van der Waals surface area (Å²) in [5, 5.41) is 3.48. The Hall–Kier alpha value is -0.810. The van der Waals surface area contributed by atoms with Crippen LogP contribution >= 0.6 is 12.4 Å². The average Bonchev–Trinajstić information content (AvgIpc) is 3.23. The number of nitrogens with one attached hydrogen (secondary N) is 1. The van der Waals surface area contributed by atoms with Crippen LogP contribution in [-0.4, -0.2) is 60.4 Å². The lowest BCUT2D eigenvalue weighted by Gasteiger charge is -2.39. The van der Waals surface area contributed by atoms with Crippen LogP contribution < -0.4 is 5.32 Å². The first-order chi connectivity index (χ1) is 12.1. The maximum atomic E-state index is 13.0. The standard InChI is InChI=1S/C20H33N3O2.ClH/c1-15-2-4-17(5-3-15)23-13-16(12-18(23)24)19(25)22-10-7-20(8-11-22)6-9-21-14-20;/h15-17,21H,2-14H2,1H3;1H. The molecule has 3 heterocycles. The topological polar surface area (TPSA) is 52.7 Å². The second-order valence-electron chi connectivity index (χ2n) is 9.11. The second-order valence-corrected chi connectivity index (χ2v) is 9.11. The van der Waals surface area contributed by atoms with Gasteiger partial charge in [0.1, 0.15) is 0 Å². The number of carbonyl (C=O) groups excluding carboxylic acids is 2. The SMILES string of the molecule is CC1CCC(N2CC(C(=O)N3CCC4(CCNC4)CC3)CC2=O)CC1.Cl. The van der Waals surface area contributed by atoms with Crippen LogP contribution in [0.25, 0.3) is 0 Å². The number of likely N-dealkylation sites (tertiary alicyclic amines) is 2. The molecular formula is C20H34ClN3O2. The fourth-order valence-corrected chi connectivity index (χ4v) is 5.49. The molecule has 0 radical (unpaired) electrons. The zero-order valence-electron chi connectivity index (χ0n) is 16.0. The van der Waals surface area contributed by atoms with Gasteiger partial charge in [-0.2, -0.15) is 0 Å². The van der Waals surface area contributed by atoms with Gasteiger partial charge in [0.25, 0.3) is 0 Å². The molecule has 4 fully saturated rings. The summed E-state index contributed by atoms with van der Waals surface area (Å²) in [5.41, 5.74) is 0.438. The number of amides is 2. The number of carbonyl (C=O) groups is 2. The summed E-state index contributed by atoms with van der Waals surface area (Å²) in [4.78, 5) is 29.6. The van der Waals surface area contributed by atoms with Crippen LogP contribution in [-0.2, 0) is 9.59 Å². The van der Waals surface area contributed by atoms with Crippen LogP contribution in [0.1, 0.15) is 58.3 Å². The van der Waals surface area contributed by atoms with Crippen molar-refractivity contribution in [1.82, 2.24) is 15.1 Å². The Morgan fingerprint density at radius 2 is 1.81 bits per heavy atom. The molecule has 4 aliphatic rings. The maximum absolute atomic E-state index is 13.0. The Labute approximate surface area is 163 Å². The van der Waals surface area contributed by atoms with Crippen molar-refractivity contribution in [3.8, 4) is 0 Å². The van der Waals surface area contributed by atoms with Gasteiger partial charge in [-0.05, 0) is 62.8 Å². The van der Waals surface area contributed by atoms with E-state index >= 15 is 0 Å². The van der Waals surface area contributed by atoms with Crippen molar-refractivity contribution >= 4 is 24.2 Å². The third-order valence-electron chi connectivity index (χ3n) is 7.40. The van der Waals surface area contributed by atoms with E-state index in [2.05, 4.69) is 12.2 Å². The summed E-state index contributed by atoms with van der Waals surface area (Å²) in [6.07, 6.45) is 8.61. The van der Waals surface area contributed by atoms with Gasteiger partial charge in [-0.3, -0.25) is 9.59 Å². The van der Waals surface area contributed by atoms with Gasteiger partial charge in [-0.1, -0.05) is 6.92 Å². The van der Waals surface area contributed by atoms with Gasteiger partial charge in [0.05, 0.1) is 5.92 Å². The monoisotopic (exact) mass is 383 g/mol. The Morgan fingerprint density at radius 1 is 1.12 bits per heavy atom. The largest absolute Gasteiger partial charge is 0.342 e. The van der Waals surface area contributed by atoms with Crippen molar-refractivity contribution in [3.05, 3.63) is 0 Å². The molecule has 0 aromatic rings. The van der Waals surface area contributed by atoms with E-state index in [1.165, 1.54) is 19.3 Å². The van der Waals surface area contributed by atoms with E-state index in [1.807, 2.05) is 9.80 Å². The van der Waals surface area contributed by atoms with Crippen molar-refractivity contribution in [3.63, 3.8) is 0 Å². The molecule has 6 heteroatoms. The zero-order chi connectivity index (χ0) is 17.4. The smallest absolute Gasteiger partial charge is 0.227 e. The number of hydrogen-bond acceptors (Lipinski definition) is 3. The first-order valence-corrected chi connectivity index (χ1v) is 10.4. The second kappa shape index (κ2) is 8.05. The molecule has 1 aliphatic carbocycles. The molecule has 1 spiro atoms. The quantitative estimate of drug-likeness (QED) is 0.796. The highest BCUT2D eigenvalue weighted by molar-refractivity contribution is 5.89. The number of piperidine rings is 1. The minimum atomic E-state index is -0.0948. The Bertz CT molecular complexity index is 517. The molecule has 3 saturated heterocycles. The van der Waals surface area contributed by atoms with Gasteiger partial charge in [0.15, 0.2) is 0 Å². The minimum absolute atomic E-state index is 0. The molecule has 4 rings (SSSR count). The van der Waals surface area contributed by atoms with Crippen LogP contribution in [0.2, 0.25) is 0 Å². The van der Waals surface area contributed by atoms with Crippen molar-refractivity contribution in [2.24, 2.45) is 17.3 Å². The van der Waals surface area contributed by atoms with E-state index in [4.69, 9.17) is 0 Å². The lowest BCUT2D eigenvalue weighted by atomic mass is 9.77. The highest BCUT2D eigenvalue weighted by Crippen LogP contribution is 2.38. The van der Waals surface area contributed by atoms with Crippen LogP contribution in [0.4, 0.5) is 0 Å². The molecule has 3 aliphatic heterocycles. The molecular weight excluding hydrogens is 350 g/mol. The number of nitrogens with zero attached hydrogens (tertiary/aromatic N) is 2. The highest BCUT2D eigenvalue weighted by atomic mass is 35.5. The number of rotatable bonds is 2. The lowest BCUT2D eigenvalue weighted by Crippen LogP contribution is -2.47. The van der Waals surface area contributed by atoms with Crippen molar-refractivity contribution in [1.29, 1.82) is 0 Å². The fraction of sp³-hybridized carbons (Fsp3) is 0.900. The van der Waals surface area contributed by atoms with Crippen LogP contribution in [0, 0.1) is 17.3 Å². The van der Waals surface area contributed by atoms with E-state index in [0.717, 1.165) is 57.8 Å². The third kappa shape index (κ3) is 3.89. The Kier molecular flexibility index (Phi) is 6.18. The molecule has 148 valence electrons. The van der Waals surface area contributed by atoms with Gasteiger partial charge >= 0.3 is 0 Å². The summed E-state index contributed by atoms with van der Waals surface area (Å²) in [6.45, 7) is 6.97. The molecule has 0 aromatic heterocycles. The van der Waals surface area contributed by atoms with E-state index in [-0.39, 0.29) is 30.1 Å². The normalized spacial score (nSPS) is 34.2. The molecule has 26 heavy (non-hydrogen) atoms. The molecule has 2 amide bonds. The van der Waals surface area contributed by atoms with Crippen molar-refractivity contribution < 1.29 is 9.59 Å². The van der Waals surface area contributed by atoms with Gasteiger partial charge in [-0.15, -0.1) is 12.4 Å². The van der Waals surface area contributed by atoms with E-state index in [1.54, 1.807) is 0 Å². The number of hydrogen-bond donors (Lipinski definition) is 1. The molecule has 0 bridgehead atoms. The Morgan fingerprint density at radius 3 is 2.42 bits per heavy atom. The summed E-state index contributed by atoms with van der Waals surface area (Å²) in [7, 11) is 0. The number of halogens is 1. The first-order valence-electron chi connectivity index (χ1n) is 10.4. The zero-order valence-corrected chi connectivity index (χ0v) is 16.9. The summed E-state index contributed by atoms with van der Waals surface area (Å²) in [6, 6.07) is 0.385. The Balaban J connectivity index is 0.00000196. The van der Waals surface area contributed by atoms with Gasteiger partial charge in [0, 0.05) is 38.6 Å². The van der Waals surface area contributed by atoms with Crippen molar-refractivity contribution in [2.45, 2.75) is 64.3 Å². The highest BCUT2D eigenvalue weighted by Gasteiger charge is 2.43. The van der Waals surface area contributed by atoms with Gasteiger partial charge in [-0.25, -0.2) is 0 Å². The molecule has 5 nitrogen and oxygen atoms in total. The third-order valence-corrected chi connectivity index (χ3v) is 7.40. The lowest BCUT2D eigenvalue weighted by molar-refractivity contribution is -0.138. The van der Waals surface area contributed by atoms with Gasteiger partial charge in [0.2, 0.25) is 11.8 Å². The van der Waals surface area contributed by atoms with Crippen LogP contribution in [0.5, 0.6) is 0 Å². The molecule has 1 unspecified atom stereocenters. The minimum Gasteiger partial charge on any atom is -0.342 e. The van der Waals surface area contributed by atoms with E-state index in [0.29, 0.717) is 24.4 Å². The molecule has 1 saturated carbocycles. The van der Waals surface area contributed by atoms with Crippen molar-refractivity contribution in [2.75, 3.05) is 32.7 Å². The predicted octanol–water partition coefficient (Wildman–Crippen LogP) is 2.44. The summed E-state index contributed by atoms with van der Waals surface area (Å²) in [5.74, 6) is 1.15. The average molecular weight is 384 g/mol. The van der Waals surface area contributed by atoms with Crippen LogP contribution in [0.3, 0.4) is 0 Å². The van der Waals surface area contributed by atoms with Crippen LogP contribution in [0.15, 0.2) is 0 Å². The summed E-state index contributed by atoms with van der Waals surface area (Å²) < 4.78 is 0. The molecule has 0 aromatic carbocycles. The molecule has 1 N–H and O–H groups in total. The van der Waals surface area contributed by atoms with E-state index < -0.39 is 0 Å². The van der Waals surface area contributed by atoms with Gasteiger partial charge < -0.3 is 15.1 Å². The summed E-state index contributed by atoms with van der Waals surface area (Å²) >= 11 is 0. The fourth-order valence-electron chi connectivity index (χ4n) is 5.49.